The van der Waals surface area contributed by atoms with Gasteiger partial charge in [-0.25, -0.2) is 4.99 Å². The average molecular weight is 626 g/mol. The van der Waals surface area contributed by atoms with E-state index in [9.17, 15) is 10.1 Å². The average Bonchev–Trinajstić information content (AvgIpc) is 3.54. The van der Waals surface area contributed by atoms with Crippen LogP contribution in [-0.2, 0) is 16.1 Å². The first kappa shape index (κ1) is 30.1. The molecule has 44 heavy (non-hydrogen) atoms. The number of benzene rings is 3. The quantitative estimate of drug-likeness (QED) is 0.282. The summed E-state index contributed by atoms with van der Waals surface area (Å²) >= 11 is 3.00. The fourth-order valence-electron chi connectivity index (χ4n) is 5.30. The van der Waals surface area contributed by atoms with E-state index in [1.807, 2.05) is 50.4 Å². The zero-order chi connectivity index (χ0) is 30.5. The number of carbonyl (C=O) groups excluding carboxylic acids is 1. The van der Waals surface area contributed by atoms with Gasteiger partial charge in [-0.05, 0) is 60.6 Å². The Morgan fingerprint density at radius 2 is 1.84 bits per heavy atom. The van der Waals surface area contributed by atoms with Gasteiger partial charge in [0.15, 0.2) is 5.17 Å². The molecule has 0 spiro atoms. The topological polar surface area (TPSA) is 96.2 Å². The van der Waals surface area contributed by atoms with Gasteiger partial charge in [-0.15, -0.1) is 0 Å². The highest BCUT2D eigenvalue weighted by molar-refractivity contribution is 8.19. The zero-order valence-electron chi connectivity index (χ0n) is 24.9. The third-order valence-corrected chi connectivity index (χ3v) is 10.1. The standard InChI is InChI=1S/C33H35N7O2S2/c1-3-35-26-11-9-24(21-34)19-27(26)37-33-40(22-23-7-5-4-6-8-23)31(41)30(44-33)32-38(2)28-20-25(10-12-29(28)43-32)36-13-14-39-15-17-42-18-16-39/h4-12,19-20,35-36H,3,13-18,22H2,1-2H3/b32-30-,37-33+. The van der Waals surface area contributed by atoms with Gasteiger partial charge in [-0.2, -0.15) is 5.26 Å². The number of aliphatic imine (C=N–C) groups is 1. The van der Waals surface area contributed by atoms with Crippen molar-refractivity contribution in [2.75, 3.05) is 68.5 Å². The number of hydrogen-bond acceptors (Lipinski definition) is 10. The minimum Gasteiger partial charge on any atom is -0.384 e. The fourth-order valence-corrected chi connectivity index (χ4v) is 7.62. The molecule has 0 unspecified atom stereocenters. The Labute approximate surface area is 267 Å². The minimum atomic E-state index is -0.0787. The smallest absolute Gasteiger partial charge is 0.269 e. The summed E-state index contributed by atoms with van der Waals surface area (Å²) in [5, 5.41) is 17.9. The fraction of sp³-hybridized carbons (Fsp3) is 0.303. The Hall–Kier alpha value is -3.95. The number of thioether (sulfide) groups is 2. The van der Waals surface area contributed by atoms with Crippen LogP contribution in [0.5, 0.6) is 0 Å². The molecule has 3 aliphatic heterocycles. The number of rotatable bonds is 9. The number of nitrogens with one attached hydrogen (secondary N) is 2. The maximum Gasteiger partial charge on any atom is 0.269 e. The molecule has 3 aromatic carbocycles. The summed E-state index contributed by atoms with van der Waals surface area (Å²) < 4.78 is 5.46. The van der Waals surface area contributed by atoms with E-state index in [0.29, 0.717) is 34.4 Å². The van der Waals surface area contributed by atoms with Crippen LogP contribution in [0.25, 0.3) is 0 Å². The van der Waals surface area contributed by atoms with Gasteiger partial charge in [0, 0.05) is 50.4 Å². The number of hydrogen-bond donors (Lipinski definition) is 2. The number of amidine groups is 1. The molecule has 226 valence electrons. The lowest BCUT2D eigenvalue weighted by molar-refractivity contribution is -0.122. The molecule has 0 aromatic heterocycles. The number of nitriles is 1. The summed E-state index contributed by atoms with van der Waals surface area (Å²) in [5.41, 5.74) is 5.11. The van der Waals surface area contributed by atoms with Gasteiger partial charge < -0.3 is 20.3 Å². The summed E-state index contributed by atoms with van der Waals surface area (Å²) in [5.74, 6) is -0.0787. The molecule has 2 saturated heterocycles. The van der Waals surface area contributed by atoms with Gasteiger partial charge in [-0.3, -0.25) is 14.6 Å². The van der Waals surface area contributed by atoms with Gasteiger partial charge in [0.05, 0.1) is 53.5 Å². The number of ether oxygens (including phenoxy) is 1. The molecule has 11 heteroatoms. The molecule has 9 nitrogen and oxygen atoms in total. The lowest BCUT2D eigenvalue weighted by atomic mass is 10.2. The molecular weight excluding hydrogens is 591 g/mol. The second-order valence-corrected chi connectivity index (χ2v) is 12.6. The van der Waals surface area contributed by atoms with Crippen LogP contribution in [0, 0.1) is 11.3 Å². The molecule has 0 aliphatic carbocycles. The molecule has 6 rings (SSSR count). The third-order valence-electron chi connectivity index (χ3n) is 7.64. The van der Waals surface area contributed by atoms with Gasteiger partial charge in [-0.1, -0.05) is 42.1 Å². The molecular formula is C33H35N7O2S2. The summed E-state index contributed by atoms with van der Waals surface area (Å²) in [4.78, 5) is 27.1. The Morgan fingerprint density at radius 1 is 1.02 bits per heavy atom. The van der Waals surface area contributed by atoms with Gasteiger partial charge >= 0.3 is 0 Å². The van der Waals surface area contributed by atoms with Crippen molar-refractivity contribution >= 4 is 57.3 Å². The van der Waals surface area contributed by atoms with Crippen LogP contribution in [0.3, 0.4) is 0 Å². The van der Waals surface area contributed by atoms with E-state index in [2.05, 4.69) is 44.7 Å². The predicted octanol–water partition coefficient (Wildman–Crippen LogP) is 5.91. The molecule has 3 aliphatic rings. The predicted molar refractivity (Wildman–Crippen MR) is 180 cm³/mol. The van der Waals surface area contributed by atoms with Crippen molar-refractivity contribution in [2.45, 2.75) is 18.4 Å². The van der Waals surface area contributed by atoms with Crippen molar-refractivity contribution in [1.82, 2.24) is 9.80 Å². The number of morpholine rings is 1. The van der Waals surface area contributed by atoms with E-state index in [-0.39, 0.29) is 5.91 Å². The summed E-state index contributed by atoms with van der Waals surface area (Å²) in [7, 11) is 2.02. The van der Waals surface area contributed by atoms with Crippen LogP contribution in [0.2, 0.25) is 0 Å². The molecule has 1 amide bonds. The molecule has 0 radical (unpaired) electrons. The Morgan fingerprint density at radius 3 is 2.61 bits per heavy atom. The Bertz CT molecular complexity index is 1630. The van der Waals surface area contributed by atoms with E-state index in [4.69, 9.17) is 9.73 Å². The third kappa shape index (κ3) is 6.59. The van der Waals surface area contributed by atoms with Crippen molar-refractivity contribution in [3.63, 3.8) is 0 Å². The van der Waals surface area contributed by atoms with Crippen LogP contribution in [0.15, 0.2) is 86.6 Å². The SMILES string of the molecule is CCNc1ccc(C#N)cc1/N=C1/S/C(=C2\Sc3ccc(NCCN4CCOCC4)cc3N2C)C(=O)N1Cc1ccccc1. The second-order valence-electron chi connectivity index (χ2n) is 10.6. The van der Waals surface area contributed by atoms with Crippen molar-refractivity contribution in [3.05, 3.63) is 87.8 Å². The molecule has 2 N–H and O–H groups in total. The summed E-state index contributed by atoms with van der Waals surface area (Å²) in [6.45, 7) is 8.49. The number of fused-ring (bicyclic) bond motifs is 1. The van der Waals surface area contributed by atoms with Gasteiger partial charge in [0.1, 0.15) is 4.91 Å². The van der Waals surface area contributed by atoms with E-state index < -0.39 is 0 Å². The molecule has 3 aromatic rings. The first-order chi connectivity index (χ1) is 21.5. The van der Waals surface area contributed by atoms with E-state index in [1.165, 1.54) is 11.8 Å². The summed E-state index contributed by atoms with van der Waals surface area (Å²) in [6.07, 6.45) is 0. The molecule has 0 saturated carbocycles. The highest BCUT2D eigenvalue weighted by atomic mass is 32.2. The number of nitrogens with zero attached hydrogens (tertiary/aromatic N) is 5. The van der Waals surface area contributed by atoms with Crippen molar-refractivity contribution in [3.8, 4) is 6.07 Å². The van der Waals surface area contributed by atoms with Crippen LogP contribution < -0.4 is 15.5 Å². The number of carbonyl (C=O) groups is 1. The first-order valence-corrected chi connectivity index (χ1v) is 16.4. The van der Waals surface area contributed by atoms with Crippen molar-refractivity contribution < 1.29 is 9.53 Å². The first-order valence-electron chi connectivity index (χ1n) is 14.8. The van der Waals surface area contributed by atoms with Crippen LogP contribution in [0.4, 0.5) is 22.7 Å². The summed E-state index contributed by atoms with van der Waals surface area (Å²) in [6, 6.07) is 24.0. The van der Waals surface area contributed by atoms with Crippen LogP contribution in [-0.4, -0.2) is 73.9 Å². The van der Waals surface area contributed by atoms with Gasteiger partial charge in [0.25, 0.3) is 5.91 Å². The molecule has 0 atom stereocenters. The van der Waals surface area contributed by atoms with E-state index in [1.54, 1.807) is 28.8 Å². The highest BCUT2D eigenvalue weighted by Crippen LogP contribution is 2.51. The molecule has 2 fully saturated rings. The maximum atomic E-state index is 14.1. The maximum absolute atomic E-state index is 14.1. The van der Waals surface area contributed by atoms with Crippen molar-refractivity contribution in [2.24, 2.45) is 4.99 Å². The number of amides is 1. The molecule has 0 bridgehead atoms. The second kappa shape index (κ2) is 13.8. The van der Waals surface area contributed by atoms with E-state index >= 15 is 0 Å². The van der Waals surface area contributed by atoms with E-state index in [0.717, 1.165) is 71.9 Å². The minimum absolute atomic E-state index is 0.0787. The lowest BCUT2D eigenvalue weighted by Crippen LogP contribution is -2.39. The van der Waals surface area contributed by atoms with Crippen LogP contribution >= 0.6 is 23.5 Å². The Balaban J connectivity index is 1.28. The zero-order valence-corrected chi connectivity index (χ0v) is 26.5. The largest absolute Gasteiger partial charge is 0.384 e. The normalized spacial score (nSPS) is 19.4. The van der Waals surface area contributed by atoms with Crippen LogP contribution in [0.1, 0.15) is 18.1 Å². The monoisotopic (exact) mass is 625 g/mol. The molecule has 3 heterocycles. The number of anilines is 3. The van der Waals surface area contributed by atoms with Crippen molar-refractivity contribution in [1.29, 1.82) is 5.26 Å². The lowest BCUT2D eigenvalue weighted by Gasteiger charge is -2.26. The highest BCUT2D eigenvalue weighted by Gasteiger charge is 2.39. The Kier molecular flexibility index (Phi) is 9.43. The van der Waals surface area contributed by atoms with Gasteiger partial charge in [0.2, 0.25) is 0 Å².